The first-order chi connectivity index (χ1) is 8.22. The summed E-state index contributed by atoms with van der Waals surface area (Å²) in [6.07, 6.45) is 2.73. The fourth-order valence-corrected chi connectivity index (χ4v) is 1.75. The minimum Gasteiger partial charge on any atom is -0.373 e. The monoisotopic (exact) mass is 299 g/mol. The average molecular weight is 300 g/mol. The van der Waals surface area contributed by atoms with Crippen LogP contribution in [0.4, 0.5) is 0 Å². The van der Waals surface area contributed by atoms with Crippen molar-refractivity contribution in [1.82, 2.24) is 5.32 Å². The highest BCUT2D eigenvalue weighted by molar-refractivity contribution is 9.10. The Morgan fingerprint density at radius 2 is 2.00 bits per heavy atom. The fraction of sp³-hybridized carbons (Fsp3) is 0.571. The highest BCUT2D eigenvalue weighted by atomic mass is 79.9. The van der Waals surface area contributed by atoms with Gasteiger partial charge in [0.15, 0.2) is 0 Å². The molecule has 0 fully saturated rings. The van der Waals surface area contributed by atoms with E-state index >= 15 is 0 Å². The van der Waals surface area contributed by atoms with Crippen LogP contribution in [0.1, 0.15) is 32.3 Å². The Bertz CT molecular complexity index is 300. The molecule has 0 saturated carbocycles. The fourth-order valence-electron chi connectivity index (χ4n) is 1.49. The van der Waals surface area contributed by atoms with Gasteiger partial charge in [0, 0.05) is 11.0 Å². The molecule has 17 heavy (non-hydrogen) atoms. The van der Waals surface area contributed by atoms with Gasteiger partial charge in [-0.3, -0.25) is 0 Å². The predicted octanol–water partition coefficient (Wildman–Crippen LogP) is 3.74. The van der Waals surface area contributed by atoms with E-state index < -0.39 is 0 Å². The van der Waals surface area contributed by atoms with Gasteiger partial charge in [0.2, 0.25) is 0 Å². The molecular weight excluding hydrogens is 278 g/mol. The third kappa shape index (κ3) is 6.81. The van der Waals surface area contributed by atoms with Crippen molar-refractivity contribution in [2.24, 2.45) is 0 Å². The third-order valence-corrected chi connectivity index (χ3v) is 3.12. The first-order valence-corrected chi connectivity index (χ1v) is 7.08. The zero-order chi connectivity index (χ0) is 12.5. The predicted molar refractivity (Wildman–Crippen MR) is 76.2 cm³/mol. The van der Waals surface area contributed by atoms with Gasteiger partial charge in [0.05, 0.1) is 12.7 Å². The molecule has 0 aromatic heterocycles. The van der Waals surface area contributed by atoms with Crippen molar-refractivity contribution in [2.45, 2.75) is 39.4 Å². The summed E-state index contributed by atoms with van der Waals surface area (Å²) in [6, 6.07) is 8.26. The lowest BCUT2D eigenvalue weighted by Gasteiger charge is -2.14. The molecule has 96 valence electrons. The summed E-state index contributed by atoms with van der Waals surface area (Å²) < 4.78 is 6.88. The molecule has 0 aliphatic rings. The SMILES string of the molecule is CCCCNCC(C)OCc1ccc(Br)cc1. The summed E-state index contributed by atoms with van der Waals surface area (Å²) >= 11 is 3.42. The van der Waals surface area contributed by atoms with E-state index in [-0.39, 0.29) is 6.10 Å². The van der Waals surface area contributed by atoms with E-state index in [2.05, 4.69) is 47.2 Å². The maximum absolute atomic E-state index is 5.77. The van der Waals surface area contributed by atoms with Crippen LogP contribution in [-0.4, -0.2) is 19.2 Å². The average Bonchev–Trinajstić information content (AvgIpc) is 2.34. The van der Waals surface area contributed by atoms with Crippen molar-refractivity contribution in [3.63, 3.8) is 0 Å². The molecule has 1 N–H and O–H groups in total. The van der Waals surface area contributed by atoms with Crippen molar-refractivity contribution in [3.8, 4) is 0 Å². The van der Waals surface area contributed by atoms with Crippen molar-refractivity contribution in [1.29, 1.82) is 0 Å². The minimum absolute atomic E-state index is 0.260. The normalized spacial score (nSPS) is 12.6. The van der Waals surface area contributed by atoms with E-state index in [1.54, 1.807) is 0 Å². The number of hydrogen-bond acceptors (Lipinski definition) is 2. The number of halogens is 1. The van der Waals surface area contributed by atoms with E-state index in [9.17, 15) is 0 Å². The molecular formula is C14H22BrNO. The van der Waals surface area contributed by atoms with Gasteiger partial charge in [0.1, 0.15) is 0 Å². The number of rotatable bonds is 8. The lowest BCUT2D eigenvalue weighted by atomic mass is 10.2. The zero-order valence-corrected chi connectivity index (χ0v) is 12.3. The largest absolute Gasteiger partial charge is 0.373 e. The van der Waals surface area contributed by atoms with Crippen LogP contribution in [-0.2, 0) is 11.3 Å². The highest BCUT2D eigenvalue weighted by Crippen LogP contribution is 2.11. The first kappa shape index (κ1) is 14.7. The van der Waals surface area contributed by atoms with Gasteiger partial charge in [-0.1, -0.05) is 41.4 Å². The summed E-state index contributed by atoms with van der Waals surface area (Å²) in [6.45, 7) is 7.01. The van der Waals surface area contributed by atoms with Crippen molar-refractivity contribution < 1.29 is 4.74 Å². The lowest BCUT2D eigenvalue weighted by molar-refractivity contribution is 0.0533. The quantitative estimate of drug-likeness (QED) is 0.738. The molecule has 0 aliphatic heterocycles. The number of ether oxygens (including phenoxy) is 1. The Hall–Kier alpha value is -0.380. The second-order valence-electron chi connectivity index (χ2n) is 4.31. The zero-order valence-electron chi connectivity index (χ0n) is 10.7. The van der Waals surface area contributed by atoms with Gasteiger partial charge in [0.25, 0.3) is 0 Å². The molecule has 0 radical (unpaired) electrons. The van der Waals surface area contributed by atoms with Gasteiger partial charge in [-0.05, 0) is 37.6 Å². The Morgan fingerprint density at radius 1 is 1.29 bits per heavy atom. The Kier molecular flexibility index (Phi) is 7.49. The summed E-state index contributed by atoms with van der Waals surface area (Å²) in [5.74, 6) is 0. The molecule has 1 aromatic carbocycles. The van der Waals surface area contributed by atoms with Crippen LogP contribution < -0.4 is 5.32 Å². The number of unbranched alkanes of at least 4 members (excludes halogenated alkanes) is 1. The Morgan fingerprint density at radius 3 is 2.65 bits per heavy atom. The summed E-state index contributed by atoms with van der Waals surface area (Å²) in [5, 5.41) is 3.40. The maximum Gasteiger partial charge on any atom is 0.0721 e. The van der Waals surface area contributed by atoms with E-state index in [1.807, 2.05) is 12.1 Å². The number of hydrogen-bond donors (Lipinski definition) is 1. The molecule has 0 aliphatic carbocycles. The van der Waals surface area contributed by atoms with Gasteiger partial charge in [-0.2, -0.15) is 0 Å². The van der Waals surface area contributed by atoms with Crippen LogP contribution >= 0.6 is 15.9 Å². The van der Waals surface area contributed by atoms with Crippen molar-refractivity contribution in [2.75, 3.05) is 13.1 Å². The van der Waals surface area contributed by atoms with Crippen LogP contribution in [0.5, 0.6) is 0 Å². The van der Waals surface area contributed by atoms with E-state index in [0.717, 1.165) is 17.6 Å². The standard InChI is InChI=1S/C14H22BrNO/c1-3-4-9-16-10-12(2)17-11-13-5-7-14(15)8-6-13/h5-8,12,16H,3-4,9-11H2,1-2H3. The highest BCUT2D eigenvalue weighted by Gasteiger charge is 2.01. The van der Waals surface area contributed by atoms with Crippen LogP contribution in [0, 0.1) is 0 Å². The topological polar surface area (TPSA) is 21.3 Å². The van der Waals surface area contributed by atoms with Crippen molar-refractivity contribution in [3.05, 3.63) is 34.3 Å². The molecule has 2 nitrogen and oxygen atoms in total. The van der Waals surface area contributed by atoms with Gasteiger partial charge in [-0.25, -0.2) is 0 Å². The second kappa shape index (κ2) is 8.67. The van der Waals surface area contributed by atoms with Gasteiger partial charge < -0.3 is 10.1 Å². The molecule has 0 spiro atoms. The molecule has 1 unspecified atom stereocenters. The summed E-state index contributed by atoms with van der Waals surface area (Å²) in [7, 11) is 0. The molecule has 0 heterocycles. The molecule has 0 saturated heterocycles. The van der Waals surface area contributed by atoms with Crippen molar-refractivity contribution >= 4 is 15.9 Å². The molecule has 0 bridgehead atoms. The van der Waals surface area contributed by atoms with Crippen LogP contribution in [0.2, 0.25) is 0 Å². The minimum atomic E-state index is 0.260. The molecule has 1 aromatic rings. The van der Waals surface area contributed by atoms with Crippen LogP contribution in [0.3, 0.4) is 0 Å². The van der Waals surface area contributed by atoms with E-state index in [4.69, 9.17) is 4.74 Å². The second-order valence-corrected chi connectivity index (χ2v) is 5.22. The van der Waals surface area contributed by atoms with Gasteiger partial charge >= 0.3 is 0 Å². The maximum atomic E-state index is 5.77. The van der Waals surface area contributed by atoms with E-state index in [1.165, 1.54) is 18.4 Å². The summed E-state index contributed by atoms with van der Waals surface area (Å²) in [5.41, 5.74) is 1.22. The van der Waals surface area contributed by atoms with E-state index in [0.29, 0.717) is 6.61 Å². The molecule has 1 atom stereocenters. The summed E-state index contributed by atoms with van der Waals surface area (Å²) in [4.78, 5) is 0. The first-order valence-electron chi connectivity index (χ1n) is 6.29. The molecule has 3 heteroatoms. The molecule has 1 rings (SSSR count). The number of benzene rings is 1. The molecule has 0 amide bonds. The Balaban J connectivity index is 2.14. The number of nitrogens with one attached hydrogen (secondary N) is 1. The van der Waals surface area contributed by atoms with Crippen LogP contribution in [0.15, 0.2) is 28.7 Å². The van der Waals surface area contributed by atoms with Crippen LogP contribution in [0.25, 0.3) is 0 Å². The smallest absolute Gasteiger partial charge is 0.0721 e. The Labute approximate surface area is 113 Å². The van der Waals surface area contributed by atoms with Gasteiger partial charge in [-0.15, -0.1) is 0 Å². The lowest BCUT2D eigenvalue weighted by Crippen LogP contribution is -2.27. The third-order valence-electron chi connectivity index (χ3n) is 2.59.